The van der Waals surface area contributed by atoms with Crippen molar-refractivity contribution >= 4 is 5.65 Å². The summed E-state index contributed by atoms with van der Waals surface area (Å²) < 4.78 is 1.81. The lowest BCUT2D eigenvalue weighted by molar-refractivity contribution is 0.656. The monoisotopic (exact) mass is 188 g/mol. The maximum atomic E-state index is 4.40. The molecule has 3 rings (SSSR count). The van der Waals surface area contributed by atoms with Gasteiger partial charge in [0.1, 0.15) is 0 Å². The van der Waals surface area contributed by atoms with Gasteiger partial charge in [0.2, 0.25) is 0 Å². The zero-order chi connectivity index (χ0) is 9.38. The zero-order valence-corrected chi connectivity index (χ0v) is 7.85. The zero-order valence-electron chi connectivity index (χ0n) is 7.85. The van der Waals surface area contributed by atoms with Gasteiger partial charge in [-0.3, -0.25) is 0 Å². The minimum Gasteiger partial charge on any atom is -0.307 e. The van der Waals surface area contributed by atoms with Crippen molar-refractivity contribution in [2.45, 2.75) is 25.4 Å². The summed E-state index contributed by atoms with van der Waals surface area (Å²) in [6, 6.07) is 6.61. The Morgan fingerprint density at radius 3 is 3.14 bits per heavy atom. The molecule has 4 nitrogen and oxygen atoms in total. The van der Waals surface area contributed by atoms with Crippen molar-refractivity contribution in [3.05, 3.63) is 30.2 Å². The van der Waals surface area contributed by atoms with Crippen LogP contribution in [0.25, 0.3) is 5.65 Å². The van der Waals surface area contributed by atoms with Crippen LogP contribution in [0, 0.1) is 0 Å². The molecule has 0 aromatic carbocycles. The van der Waals surface area contributed by atoms with E-state index in [4.69, 9.17) is 0 Å². The topological polar surface area (TPSA) is 42.2 Å². The molecule has 1 aliphatic rings. The molecule has 0 saturated heterocycles. The third kappa shape index (κ3) is 1.48. The van der Waals surface area contributed by atoms with Gasteiger partial charge in [0, 0.05) is 12.2 Å². The predicted octanol–water partition coefficient (Wildman–Crippen LogP) is 0.981. The van der Waals surface area contributed by atoms with Gasteiger partial charge < -0.3 is 5.32 Å². The van der Waals surface area contributed by atoms with E-state index in [0.717, 1.165) is 18.0 Å². The molecule has 0 bridgehead atoms. The molecular weight excluding hydrogens is 176 g/mol. The minimum atomic E-state index is 0.710. The van der Waals surface area contributed by atoms with Crippen LogP contribution < -0.4 is 5.32 Å². The van der Waals surface area contributed by atoms with Gasteiger partial charge in [-0.25, -0.2) is 9.50 Å². The van der Waals surface area contributed by atoms with E-state index in [1.807, 2.05) is 28.9 Å². The number of pyridine rings is 1. The standard InChI is InChI=1S/C10H12N4/c1-2-6-14-10(3-1)12-9(13-14)7-11-8-4-5-8/h1-3,6,8,11H,4-5,7H2. The lowest BCUT2D eigenvalue weighted by atomic mass is 10.5. The molecule has 0 spiro atoms. The van der Waals surface area contributed by atoms with Crippen LogP contribution >= 0.6 is 0 Å². The molecule has 0 aliphatic heterocycles. The summed E-state index contributed by atoms with van der Waals surface area (Å²) in [7, 11) is 0. The molecule has 1 N–H and O–H groups in total. The van der Waals surface area contributed by atoms with Crippen molar-refractivity contribution in [1.82, 2.24) is 19.9 Å². The van der Waals surface area contributed by atoms with Gasteiger partial charge in [-0.05, 0) is 25.0 Å². The molecule has 2 aromatic rings. The van der Waals surface area contributed by atoms with Crippen LogP contribution in [0.1, 0.15) is 18.7 Å². The number of hydrogen-bond acceptors (Lipinski definition) is 3. The Hall–Kier alpha value is -1.42. The fourth-order valence-corrected chi connectivity index (χ4v) is 1.48. The Balaban J connectivity index is 1.82. The van der Waals surface area contributed by atoms with Crippen LogP contribution in [0.3, 0.4) is 0 Å². The molecule has 14 heavy (non-hydrogen) atoms. The van der Waals surface area contributed by atoms with Gasteiger partial charge in [-0.2, -0.15) is 0 Å². The largest absolute Gasteiger partial charge is 0.307 e. The maximum Gasteiger partial charge on any atom is 0.165 e. The average molecular weight is 188 g/mol. The molecular formula is C10H12N4. The molecule has 1 fully saturated rings. The fraction of sp³-hybridized carbons (Fsp3) is 0.400. The second-order valence-electron chi connectivity index (χ2n) is 3.69. The van der Waals surface area contributed by atoms with E-state index in [1.165, 1.54) is 12.8 Å². The summed E-state index contributed by atoms with van der Waals surface area (Å²) in [6.45, 7) is 0.784. The molecule has 1 saturated carbocycles. The smallest absolute Gasteiger partial charge is 0.165 e. The van der Waals surface area contributed by atoms with Crippen molar-refractivity contribution in [3.8, 4) is 0 Å². The van der Waals surface area contributed by atoms with E-state index in [2.05, 4.69) is 15.4 Å². The number of fused-ring (bicyclic) bond motifs is 1. The highest BCUT2D eigenvalue weighted by Gasteiger charge is 2.20. The first-order valence-electron chi connectivity index (χ1n) is 4.95. The molecule has 0 radical (unpaired) electrons. The maximum absolute atomic E-state index is 4.40. The van der Waals surface area contributed by atoms with E-state index < -0.39 is 0 Å². The third-order valence-electron chi connectivity index (χ3n) is 2.41. The highest BCUT2D eigenvalue weighted by atomic mass is 15.3. The van der Waals surface area contributed by atoms with E-state index in [1.54, 1.807) is 0 Å². The van der Waals surface area contributed by atoms with Crippen molar-refractivity contribution in [1.29, 1.82) is 0 Å². The number of nitrogens with zero attached hydrogens (tertiary/aromatic N) is 3. The Morgan fingerprint density at radius 2 is 2.36 bits per heavy atom. The molecule has 0 atom stereocenters. The fourth-order valence-electron chi connectivity index (χ4n) is 1.48. The van der Waals surface area contributed by atoms with E-state index in [0.29, 0.717) is 6.04 Å². The van der Waals surface area contributed by atoms with Gasteiger partial charge in [-0.15, -0.1) is 5.10 Å². The van der Waals surface area contributed by atoms with E-state index in [-0.39, 0.29) is 0 Å². The number of nitrogens with one attached hydrogen (secondary N) is 1. The lowest BCUT2D eigenvalue weighted by Crippen LogP contribution is -2.16. The summed E-state index contributed by atoms with van der Waals surface area (Å²) in [5.41, 5.74) is 0.917. The molecule has 0 unspecified atom stereocenters. The molecule has 0 amide bonds. The number of rotatable bonds is 3. The Bertz CT molecular complexity index is 411. The quantitative estimate of drug-likeness (QED) is 0.780. The second kappa shape index (κ2) is 3.06. The summed E-state index contributed by atoms with van der Waals surface area (Å²) in [5, 5.41) is 7.75. The van der Waals surface area contributed by atoms with Crippen LogP contribution in [0.5, 0.6) is 0 Å². The van der Waals surface area contributed by atoms with Crippen LogP contribution in [0.2, 0.25) is 0 Å². The van der Waals surface area contributed by atoms with Gasteiger partial charge in [-0.1, -0.05) is 6.07 Å². The Morgan fingerprint density at radius 1 is 1.43 bits per heavy atom. The highest BCUT2D eigenvalue weighted by Crippen LogP contribution is 2.18. The van der Waals surface area contributed by atoms with Crippen molar-refractivity contribution in [2.24, 2.45) is 0 Å². The first kappa shape index (κ1) is 7.94. The summed E-state index contributed by atoms with van der Waals surface area (Å²) in [5.74, 6) is 0.878. The summed E-state index contributed by atoms with van der Waals surface area (Å²) in [4.78, 5) is 4.40. The number of aromatic nitrogens is 3. The van der Waals surface area contributed by atoms with Crippen LogP contribution in [-0.4, -0.2) is 20.6 Å². The molecule has 72 valence electrons. The van der Waals surface area contributed by atoms with Crippen molar-refractivity contribution in [3.63, 3.8) is 0 Å². The van der Waals surface area contributed by atoms with E-state index in [9.17, 15) is 0 Å². The predicted molar refractivity (Wildman–Crippen MR) is 52.8 cm³/mol. The molecule has 2 heterocycles. The van der Waals surface area contributed by atoms with Crippen LogP contribution in [-0.2, 0) is 6.54 Å². The molecule has 1 aliphatic carbocycles. The Kier molecular flexibility index (Phi) is 1.73. The summed E-state index contributed by atoms with van der Waals surface area (Å²) in [6.07, 6.45) is 4.52. The van der Waals surface area contributed by atoms with Gasteiger partial charge in [0.25, 0.3) is 0 Å². The summed E-state index contributed by atoms with van der Waals surface area (Å²) >= 11 is 0. The second-order valence-corrected chi connectivity index (χ2v) is 3.69. The SMILES string of the molecule is c1ccn2nc(CNC3CC3)nc2c1. The van der Waals surface area contributed by atoms with Crippen molar-refractivity contribution < 1.29 is 0 Å². The van der Waals surface area contributed by atoms with Crippen LogP contribution in [0.4, 0.5) is 0 Å². The van der Waals surface area contributed by atoms with Crippen molar-refractivity contribution in [2.75, 3.05) is 0 Å². The van der Waals surface area contributed by atoms with Gasteiger partial charge in [0.15, 0.2) is 11.5 Å². The molecule has 4 heteroatoms. The van der Waals surface area contributed by atoms with Crippen LogP contribution in [0.15, 0.2) is 24.4 Å². The molecule has 2 aromatic heterocycles. The average Bonchev–Trinajstić information content (AvgIpc) is 2.94. The first-order chi connectivity index (χ1) is 6.92. The van der Waals surface area contributed by atoms with Gasteiger partial charge >= 0.3 is 0 Å². The van der Waals surface area contributed by atoms with Gasteiger partial charge in [0.05, 0.1) is 6.54 Å². The highest BCUT2D eigenvalue weighted by molar-refractivity contribution is 5.36. The number of hydrogen-bond donors (Lipinski definition) is 1. The third-order valence-corrected chi connectivity index (χ3v) is 2.41. The Labute approximate surface area is 82.0 Å². The minimum absolute atomic E-state index is 0.710. The van der Waals surface area contributed by atoms with E-state index >= 15 is 0 Å². The lowest BCUT2D eigenvalue weighted by Gasteiger charge is -1.95. The normalized spacial score (nSPS) is 16.3. The first-order valence-corrected chi connectivity index (χ1v) is 4.95.